The van der Waals surface area contributed by atoms with Crippen molar-refractivity contribution in [1.29, 1.82) is 0 Å². The molecule has 12 heavy (non-hydrogen) atoms. The molecule has 0 aliphatic rings. The lowest BCUT2D eigenvalue weighted by Gasteiger charge is -2.06. The summed E-state index contributed by atoms with van der Waals surface area (Å²) in [4.78, 5) is 14.8. The summed E-state index contributed by atoms with van der Waals surface area (Å²) in [6.45, 7) is 3.84. The van der Waals surface area contributed by atoms with E-state index in [9.17, 15) is 4.79 Å². The average Bonchev–Trinajstić information content (AvgIpc) is 2.50. The van der Waals surface area contributed by atoms with Crippen LogP contribution in [0.5, 0.6) is 0 Å². The molecule has 1 heterocycles. The fourth-order valence-corrected chi connectivity index (χ4v) is 0.865. The summed E-state index contributed by atoms with van der Waals surface area (Å²) in [6.07, 6.45) is 1.34. The van der Waals surface area contributed by atoms with E-state index in [2.05, 4.69) is 14.7 Å². The number of hydrogen-bond donors (Lipinski definition) is 0. The van der Waals surface area contributed by atoms with Crippen LogP contribution in [0.1, 0.15) is 30.5 Å². The van der Waals surface area contributed by atoms with Crippen molar-refractivity contribution >= 4 is 14.0 Å². The van der Waals surface area contributed by atoms with Crippen molar-refractivity contribution in [3.8, 4) is 0 Å². The molecule has 0 saturated heterocycles. The molecule has 0 bridgehead atoms. The van der Waals surface area contributed by atoms with Gasteiger partial charge in [-0.05, 0) is 13.8 Å². The SMILES string of the molecule is BOC(=O)c1ncnn1C(C)C. The van der Waals surface area contributed by atoms with Gasteiger partial charge in [0.15, 0.2) is 0 Å². The first-order valence-corrected chi connectivity index (χ1v) is 3.64. The molecule has 0 fully saturated rings. The maximum absolute atomic E-state index is 11.1. The van der Waals surface area contributed by atoms with Crippen molar-refractivity contribution in [2.45, 2.75) is 19.9 Å². The van der Waals surface area contributed by atoms with Gasteiger partial charge in [-0.1, -0.05) is 0 Å². The van der Waals surface area contributed by atoms with Gasteiger partial charge in [0.2, 0.25) is 5.82 Å². The zero-order chi connectivity index (χ0) is 9.14. The molecule has 1 aromatic rings. The van der Waals surface area contributed by atoms with Crippen LogP contribution in [0.4, 0.5) is 0 Å². The highest BCUT2D eigenvalue weighted by Gasteiger charge is 2.14. The van der Waals surface area contributed by atoms with E-state index in [1.54, 1.807) is 0 Å². The van der Waals surface area contributed by atoms with Gasteiger partial charge in [0.05, 0.1) is 0 Å². The van der Waals surface area contributed by atoms with E-state index >= 15 is 0 Å². The second-order valence-corrected chi connectivity index (χ2v) is 2.61. The molecule has 1 aromatic heterocycles. The molecule has 0 N–H and O–H groups in total. The number of aromatic nitrogens is 3. The van der Waals surface area contributed by atoms with Crippen LogP contribution in [0.15, 0.2) is 6.33 Å². The number of rotatable bonds is 2. The third-order valence-electron chi connectivity index (χ3n) is 1.43. The average molecular weight is 167 g/mol. The van der Waals surface area contributed by atoms with Crippen LogP contribution in [-0.2, 0) is 4.65 Å². The number of carbonyl (C=O) groups excluding carboxylic acids is 1. The molecule has 5 nitrogen and oxygen atoms in total. The molecule has 1 rings (SSSR count). The highest BCUT2D eigenvalue weighted by Crippen LogP contribution is 2.05. The summed E-state index contributed by atoms with van der Waals surface area (Å²) in [5.41, 5.74) is 0. The topological polar surface area (TPSA) is 57.0 Å². The van der Waals surface area contributed by atoms with Crippen LogP contribution in [0.25, 0.3) is 0 Å². The lowest BCUT2D eigenvalue weighted by Crippen LogP contribution is -2.15. The zero-order valence-corrected chi connectivity index (χ0v) is 7.31. The molecule has 64 valence electrons. The molecule has 0 unspecified atom stereocenters. The zero-order valence-electron chi connectivity index (χ0n) is 7.31. The van der Waals surface area contributed by atoms with Crippen LogP contribution in [-0.4, -0.2) is 28.8 Å². The second kappa shape index (κ2) is 3.38. The van der Waals surface area contributed by atoms with Gasteiger partial charge >= 0.3 is 14.0 Å². The molecule has 0 spiro atoms. The molecule has 0 aliphatic heterocycles. The van der Waals surface area contributed by atoms with Crippen molar-refractivity contribution in [1.82, 2.24) is 14.8 Å². The second-order valence-electron chi connectivity index (χ2n) is 2.61. The Bertz CT molecular complexity index is 284. The van der Waals surface area contributed by atoms with Crippen molar-refractivity contribution in [3.05, 3.63) is 12.2 Å². The molecule has 0 amide bonds. The highest BCUT2D eigenvalue weighted by atomic mass is 16.5. The molecule has 0 aliphatic carbocycles. The Hall–Kier alpha value is -1.33. The minimum Gasteiger partial charge on any atom is -0.538 e. The van der Waals surface area contributed by atoms with E-state index < -0.39 is 5.97 Å². The Kier molecular flexibility index (Phi) is 2.47. The lowest BCUT2D eigenvalue weighted by molar-refractivity contribution is 0.0728. The third kappa shape index (κ3) is 1.47. The largest absolute Gasteiger partial charge is 0.538 e. The standard InChI is InChI=1S/C6H10BN3O2/c1-4(2)10-5(6(11)12-7)8-3-9-10/h3-4H,7H2,1-2H3. The van der Waals surface area contributed by atoms with Crippen LogP contribution in [0.2, 0.25) is 0 Å². The van der Waals surface area contributed by atoms with Crippen molar-refractivity contribution in [2.24, 2.45) is 0 Å². The van der Waals surface area contributed by atoms with E-state index in [0.29, 0.717) is 0 Å². The van der Waals surface area contributed by atoms with E-state index in [0.717, 1.165) is 0 Å². The predicted molar refractivity (Wildman–Crippen MR) is 44.4 cm³/mol. The number of carbonyl (C=O) groups is 1. The molecule has 0 saturated carbocycles. The summed E-state index contributed by atoms with van der Waals surface area (Å²) < 4.78 is 6.04. The van der Waals surface area contributed by atoms with E-state index in [1.807, 2.05) is 13.8 Å². The van der Waals surface area contributed by atoms with E-state index in [-0.39, 0.29) is 11.9 Å². The van der Waals surface area contributed by atoms with Crippen LogP contribution < -0.4 is 0 Å². The first-order valence-electron chi connectivity index (χ1n) is 3.64. The van der Waals surface area contributed by atoms with E-state index in [1.165, 1.54) is 19.1 Å². The van der Waals surface area contributed by atoms with Gasteiger partial charge in [-0.3, -0.25) is 0 Å². The quantitative estimate of drug-likeness (QED) is 0.560. The summed E-state index contributed by atoms with van der Waals surface area (Å²) in [7, 11) is 1.32. The van der Waals surface area contributed by atoms with Gasteiger partial charge in [-0.2, -0.15) is 5.10 Å². The van der Waals surface area contributed by atoms with Crippen molar-refractivity contribution in [3.63, 3.8) is 0 Å². The smallest absolute Gasteiger partial charge is 0.358 e. The number of nitrogens with zero attached hydrogens (tertiary/aromatic N) is 3. The van der Waals surface area contributed by atoms with Gasteiger partial charge in [0, 0.05) is 6.04 Å². The van der Waals surface area contributed by atoms with Gasteiger partial charge in [0.1, 0.15) is 6.33 Å². The summed E-state index contributed by atoms with van der Waals surface area (Å²) >= 11 is 0. The van der Waals surface area contributed by atoms with Gasteiger partial charge in [-0.25, -0.2) is 14.5 Å². The minimum atomic E-state index is -0.457. The number of hydrogen-bond acceptors (Lipinski definition) is 4. The molecule has 0 radical (unpaired) electrons. The maximum Gasteiger partial charge on any atom is 0.358 e. The van der Waals surface area contributed by atoms with Crippen molar-refractivity contribution < 1.29 is 9.45 Å². The van der Waals surface area contributed by atoms with Crippen LogP contribution in [0.3, 0.4) is 0 Å². The molecular weight excluding hydrogens is 157 g/mol. The fourth-order valence-electron chi connectivity index (χ4n) is 0.865. The van der Waals surface area contributed by atoms with Gasteiger partial charge in [0.25, 0.3) is 0 Å². The molecule has 0 atom stereocenters. The van der Waals surface area contributed by atoms with Gasteiger partial charge in [-0.15, -0.1) is 0 Å². The summed E-state index contributed by atoms with van der Waals surface area (Å²) in [5.74, 6) is -0.214. The summed E-state index contributed by atoms with van der Waals surface area (Å²) in [6, 6.07) is 0.113. The Balaban J connectivity index is 2.99. The molecule has 0 aromatic carbocycles. The predicted octanol–water partition coefficient (Wildman–Crippen LogP) is -0.436. The Morgan fingerprint density at radius 3 is 2.92 bits per heavy atom. The van der Waals surface area contributed by atoms with E-state index in [4.69, 9.17) is 0 Å². The summed E-state index contributed by atoms with van der Waals surface area (Å²) in [5, 5.41) is 3.89. The monoisotopic (exact) mass is 167 g/mol. The first kappa shape index (κ1) is 8.77. The highest BCUT2D eigenvalue weighted by molar-refractivity contribution is 6.08. The van der Waals surface area contributed by atoms with Crippen LogP contribution >= 0.6 is 0 Å². The first-order chi connectivity index (χ1) is 5.66. The Morgan fingerprint density at radius 2 is 2.42 bits per heavy atom. The molecule has 6 heteroatoms. The fraction of sp³-hybridized carbons (Fsp3) is 0.500. The lowest BCUT2D eigenvalue weighted by atomic mass is 10.4. The van der Waals surface area contributed by atoms with Crippen molar-refractivity contribution in [2.75, 3.05) is 0 Å². The Labute approximate surface area is 71.2 Å². The van der Waals surface area contributed by atoms with Gasteiger partial charge < -0.3 is 4.65 Å². The molecular formula is C6H10BN3O2. The Morgan fingerprint density at radius 1 is 1.75 bits per heavy atom. The maximum atomic E-state index is 11.1. The minimum absolute atomic E-state index is 0.113. The third-order valence-corrected chi connectivity index (χ3v) is 1.43. The van der Waals surface area contributed by atoms with Crippen LogP contribution in [0, 0.1) is 0 Å². The normalized spacial score (nSPS) is 10.2.